The summed E-state index contributed by atoms with van der Waals surface area (Å²) in [6.07, 6.45) is 5.38. The van der Waals surface area contributed by atoms with Crippen molar-refractivity contribution in [1.82, 2.24) is 19.9 Å². The lowest BCUT2D eigenvalue weighted by atomic mass is 10.2. The van der Waals surface area contributed by atoms with E-state index in [9.17, 15) is 4.79 Å². The summed E-state index contributed by atoms with van der Waals surface area (Å²) in [6, 6.07) is 7.94. The van der Waals surface area contributed by atoms with E-state index in [0.717, 1.165) is 41.0 Å². The molecule has 1 aliphatic heterocycles. The number of thiophene rings is 1. The average molecular weight is 400 g/mol. The molecule has 4 rings (SSSR count). The van der Waals surface area contributed by atoms with Crippen LogP contribution in [0.4, 0.5) is 5.82 Å². The summed E-state index contributed by atoms with van der Waals surface area (Å²) in [5, 5.41) is 5.06. The normalized spacial score (nSPS) is 14.3. The highest BCUT2D eigenvalue weighted by atomic mass is 32.2. The number of carbonyl (C=O) groups excluding carboxylic acids is 1. The van der Waals surface area contributed by atoms with Gasteiger partial charge in [0, 0.05) is 50.1 Å². The van der Waals surface area contributed by atoms with E-state index >= 15 is 0 Å². The Morgan fingerprint density at radius 2 is 2.11 bits per heavy atom. The molecule has 27 heavy (non-hydrogen) atoms. The van der Waals surface area contributed by atoms with Gasteiger partial charge in [-0.2, -0.15) is 11.8 Å². The largest absolute Gasteiger partial charge is 0.354 e. The number of anilines is 1. The third-order valence-electron chi connectivity index (χ3n) is 4.42. The quantitative estimate of drug-likeness (QED) is 0.690. The Morgan fingerprint density at radius 3 is 2.85 bits per heavy atom. The van der Waals surface area contributed by atoms with Crippen molar-refractivity contribution in [1.29, 1.82) is 0 Å². The molecular weight excluding hydrogens is 378 g/mol. The van der Waals surface area contributed by atoms with Crippen molar-refractivity contribution in [2.45, 2.75) is 6.54 Å². The summed E-state index contributed by atoms with van der Waals surface area (Å²) in [7, 11) is 0. The second-order valence-electron chi connectivity index (χ2n) is 6.20. The molecule has 6 nitrogen and oxygen atoms in total. The molecule has 0 spiro atoms. The predicted molar refractivity (Wildman–Crippen MR) is 112 cm³/mol. The fourth-order valence-corrected chi connectivity index (χ4v) is 4.61. The van der Waals surface area contributed by atoms with Crippen molar-refractivity contribution in [3.05, 3.63) is 53.9 Å². The van der Waals surface area contributed by atoms with Crippen LogP contribution < -0.4 is 10.2 Å². The SMILES string of the molecule is O=C(NCCn1ccnc1)c1ccc(-c2cccs2)nc1N1CCSCC1. The number of imidazole rings is 1. The zero-order valence-electron chi connectivity index (χ0n) is 14.9. The number of rotatable bonds is 6. The molecule has 3 aromatic rings. The summed E-state index contributed by atoms with van der Waals surface area (Å²) in [5.74, 6) is 2.84. The Balaban J connectivity index is 1.55. The standard InChI is InChI=1S/C19H21N5OS2/c25-19(21-6-8-23-7-5-20-14-23)15-3-4-16(17-2-1-11-27-17)22-18(15)24-9-12-26-13-10-24/h1-5,7,11,14H,6,8-10,12-13H2,(H,21,25). The highest BCUT2D eigenvalue weighted by Crippen LogP contribution is 2.28. The number of nitrogens with zero attached hydrogens (tertiary/aromatic N) is 4. The molecule has 0 bridgehead atoms. The smallest absolute Gasteiger partial charge is 0.255 e. The maximum absolute atomic E-state index is 12.8. The predicted octanol–water partition coefficient (Wildman–Crippen LogP) is 2.99. The van der Waals surface area contributed by atoms with Gasteiger partial charge in [-0.15, -0.1) is 11.3 Å². The Labute approximate surface area is 166 Å². The highest BCUT2D eigenvalue weighted by Gasteiger charge is 2.21. The van der Waals surface area contributed by atoms with Crippen molar-refractivity contribution in [2.24, 2.45) is 0 Å². The van der Waals surface area contributed by atoms with Crippen LogP contribution in [-0.4, -0.2) is 51.6 Å². The summed E-state index contributed by atoms with van der Waals surface area (Å²) in [6.45, 7) is 3.08. The van der Waals surface area contributed by atoms with E-state index in [4.69, 9.17) is 4.98 Å². The third kappa shape index (κ3) is 4.33. The van der Waals surface area contributed by atoms with Gasteiger partial charge >= 0.3 is 0 Å². The molecule has 1 saturated heterocycles. The molecular formula is C19H21N5OS2. The topological polar surface area (TPSA) is 63.1 Å². The van der Waals surface area contributed by atoms with E-state index in [-0.39, 0.29) is 5.91 Å². The van der Waals surface area contributed by atoms with Crippen LogP contribution in [0.15, 0.2) is 48.4 Å². The van der Waals surface area contributed by atoms with Crippen LogP contribution in [0.2, 0.25) is 0 Å². The van der Waals surface area contributed by atoms with Gasteiger partial charge in [-0.25, -0.2) is 9.97 Å². The maximum atomic E-state index is 12.8. The molecule has 4 heterocycles. The van der Waals surface area contributed by atoms with Crippen LogP contribution in [0.1, 0.15) is 10.4 Å². The fraction of sp³-hybridized carbons (Fsp3) is 0.316. The van der Waals surface area contributed by atoms with Crippen LogP contribution in [0.5, 0.6) is 0 Å². The van der Waals surface area contributed by atoms with Gasteiger partial charge in [-0.3, -0.25) is 4.79 Å². The minimum absolute atomic E-state index is 0.0754. The first kappa shape index (κ1) is 18.1. The molecule has 140 valence electrons. The summed E-state index contributed by atoms with van der Waals surface area (Å²) in [4.78, 5) is 25.1. The van der Waals surface area contributed by atoms with E-state index < -0.39 is 0 Å². The lowest BCUT2D eigenvalue weighted by Gasteiger charge is -2.29. The molecule has 1 amide bonds. The van der Waals surface area contributed by atoms with Crippen LogP contribution in [0.25, 0.3) is 10.6 Å². The number of thioether (sulfide) groups is 1. The number of hydrogen-bond acceptors (Lipinski definition) is 6. The number of nitrogens with one attached hydrogen (secondary N) is 1. The van der Waals surface area contributed by atoms with E-state index in [0.29, 0.717) is 18.7 Å². The Morgan fingerprint density at radius 1 is 1.22 bits per heavy atom. The second-order valence-corrected chi connectivity index (χ2v) is 8.37. The number of carbonyl (C=O) groups is 1. The van der Waals surface area contributed by atoms with E-state index in [1.807, 2.05) is 46.1 Å². The van der Waals surface area contributed by atoms with E-state index in [2.05, 4.69) is 21.3 Å². The first-order chi connectivity index (χ1) is 13.3. The second kappa shape index (κ2) is 8.58. The van der Waals surface area contributed by atoms with Crippen molar-refractivity contribution in [3.8, 4) is 10.6 Å². The minimum Gasteiger partial charge on any atom is -0.354 e. The fourth-order valence-electron chi connectivity index (χ4n) is 3.02. The van der Waals surface area contributed by atoms with Gasteiger partial charge in [0.2, 0.25) is 0 Å². The van der Waals surface area contributed by atoms with Crippen molar-refractivity contribution >= 4 is 34.8 Å². The number of hydrogen-bond donors (Lipinski definition) is 1. The zero-order chi connectivity index (χ0) is 18.5. The van der Waals surface area contributed by atoms with Crippen LogP contribution in [-0.2, 0) is 6.54 Å². The van der Waals surface area contributed by atoms with Crippen molar-refractivity contribution in [3.63, 3.8) is 0 Å². The zero-order valence-corrected chi connectivity index (χ0v) is 16.5. The first-order valence-corrected chi connectivity index (χ1v) is 11.0. The minimum atomic E-state index is -0.0754. The molecule has 1 fully saturated rings. The van der Waals surface area contributed by atoms with Gasteiger partial charge in [0.05, 0.1) is 22.5 Å². The molecule has 1 N–H and O–H groups in total. The lowest BCUT2D eigenvalue weighted by molar-refractivity contribution is 0.0952. The number of amides is 1. The van der Waals surface area contributed by atoms with Gasteiger partial charge in [0.15, 0.2) is 0 Å². The maximum Gasteiger partial charge on any atom is 0.255 e. The molecule has 0 aromatic carbocycles. The monoisotopic (exact) mass is 399 g/mol. The summed E-state index contributed by atoms with van der Waals surface area (Å²) in [5.41, 5.74) is 1.57. The molecule has 0 aliphatic carbocycles. The Hall–Kier alpha value is -2.32. The van der Waals surface area contributed by atoms with Crippen LogP contribution >= 0.6 is 23.1 Å². The van der Waals surface area contributed by atoms with Crippen LogP contribution in [0, 0.1) is 0 Å². The Kier molecular flexibility index (Phi) is 5.74. The molecule has 0 saturated carbocycles. The molecule has 0 radical (unpaired) electrons. The van der Waals surface area contributed by atoms with Crippen molar-refractivity contribution in [2.75, 3.05) is 36.0 Å². The molecule has 0 unspecified atom stereocenters. The summed E-state index contributed by atoms with van der Waals surface area (Å²) < 4.78 is 1.95. The van der Waals surface area contributed by atoms with E-state index in [1.54, 1.807) is 23.9 Å². The van der Waals surface area contributed by atoms with Crippen molar-refractivity contribution < 1.29 is 4.79 Å². The highest BCUT2D eigenvalue weighted by molar-refractivity contribution is 7.99. The molecule has 3 aromatic heterocycles. The van der Waals surface area contributed by atoms with Gasteiger partial charge in [0.25, 0.3) is 5.91 Å². The average Bonchev–Trinajstić information content (AvgIpc) is 3.42. The van der Waals surface area contributed by atoms with Gasteiger partial charge in [-0.05, 0) is 23.6 Å². The first-order valence-electron chi connectivity index (χ1n) is 8.93. The lowest BCUT2D eigenvalue weighted by Crippen LogP contribution is -2.36. The molecule has 8 heteroatoms. The van der Waals surface area contributed by atoms with Gasteiger partial charge in [-0.1, -0.05) is 6.07 Å². The molecule has 1 aliphatic rings. The summed E-state index contributed by atoms with van der Waals surface area (Å²) >= 11 is 3.61. The number of aromatic nitrogens is 3. The third-order valence-corrected chi connectivity index (χ3v) is 6.25. The van der Waals surface area contributed by atoms with Gasteiger partial charge < -0.3 is 14.8 Å². The van der Waals surface area contributed by atoms with E-state index in [1.165, 1.54) is 0 Å². The van der Waals surface area contributed by atoms with Crippen LogP contribution in [0.3, 0.4) is 0 Å². The number of pyridine rings is 1. The Bertz CT molecular complexity index is 874. The molecule has 0 atom stereocenters. The van der Waals surface area contributed by atoms with Gasteiger partial charge in [0.1, 0.15) is 5.82 Å².